The molecule has 0 spiro atoms. The van der Waals surface area contributed by atoms with Crippen LogP contribution in [-0.4, -0.2) is 41.4 Å². The van der Waals surface area contributed by atoms with Gasteiger partial charge in [0.2, 0.25) is 5.91 Å². The number of nitrogens with one attached hydrogen (secondary N) is 1. The molecule has 30 heavy (non-hydrogen) atoms. The van der Waals surface area contributed by atoms with E-state index < -0.39 is 6.04 Å². The van der Waals surface area contributed by atoms with Crippen LogP contribution in [0.4, 0.5) is 0 Å². The zero-order valence-electron chi connectivity index (χ0n) is 17.7. The first-order chi connectivity index (χ1) is 14.1. The number of hydrogen-bond donors (Lipinski definition) is 1. The largest absolute Gasteiger partial charge is 0.483 e. The topological polar surface area (TPSA) is 58.6 Å². The van der Waals surface area contributed by atoms with Crippen LogP contribution in [0.25, 0.3) is 0 Å². The van der Waals surface area contributed by atoms with Gasteiger partial charge in [-0.1, -0.05) is 41.9 Å². The predicted octanol–water partition coefficient (Wildman–Crippen LogP) is 4.86. The van der Waals surface area contributed by atoms with Crippen LogP contribution in [0, 0.1) is 0 Å². The quantitative estimate of drug-likeness (QED) is 0.569. The second-order valence-corrected chi connectivity index (χ2v) is 9.39. The van der Waals surface area contributed by atoms with Gasteiger partial charge in [-0.3, -0.25) is 9.59 Å². The smallest absolute Gasteiger partial charge is 0.261 e. The summed E-state index contributed by atoms with van der Waals surface area (Å²) in [5.41, 5.74) is 0.713. The van der Waals surface area contributed by atoms with Crippen molar-refractivity contribution in [2.75, 3.05) is 13.2 Å². The molecule has 0 heterocycles. The molecule has 0 bridgehead atoms. The predicted molar refractivity (Wildman–Crippen MR) is 124 cm³/mol. The van der Waals surface area contributed by atoms with Gasteiger partial charge in [0.1, 0.15) is 11.8 Å². The summed E-state index contributed by atoms with van der Waals surface area (Å²) in [4.78, 5) is 27.3. The molecule has 2 rings (SSSR count). The van der Waals surface area contributed by atoms with Crippen molar-refractivity contribution in [2.45, 2.75) is 45.7 Å². The van der Waals surface area contributed by atoms with Crippen LogP contribution < -0.4 is 10.1 Å². The van der Waals surface area contributed by atoms with Crippen molar-refractivity contribution in [3.63, 3.8) is 0 Å². The zero-order valence-corrected chi connectivity index (χ0v) is 20.1. The molecule has 0 aliphatic rings. The summed E-state index contributed by atoms with van der Waals surface area (Å²) >= 11 is 9.34. The minimum absolute atomic E-state index is 0.178. The van der Waals surface area contributed by atoms with Gasteiger partial charge >= 0.3 is 0 Å². The van der Waals surface area contributed by atoms with E-state index in [1.54, 1.807) is 30.0 Å². The molecule has 0 aliphatic carbocycles. The van der Waals surface area contributed by atoms with E-state index in [9.17, 15) is 9.59 Å². The highest BCUT2D eigenvalue weighted by Gasteiger charge is 2.28. The first kappa shape index (κ1) is 24.2. The number of carbonyl (C=O) groups excluding carboxylic acids is 2. The van der Waals surface area contributed by atoms with Crippen LogP contribution in [0.3, 0.4) is 0 Å². The Morgan fingerprint density at radius 3 is 2.43 bits per heavy atom. The van der Waals surface area contributed by atoms with Crippen LogP contribution in [0.5, 0.6) is 5.75 Å². The summed E-state index contributed by atoms with van der Waals surface area (Å²) in [7, 11) is 0. The lowest BCUT2D eigenvalue weighted by molar-refractivity contribution is -0.142. The number of rotatable bonds is 8. The van der Waals surface area contributed by atoms with Crippen molar-refractivity contribution in [3.05, 3.63) is 63.6 Å². The maximum absolute atomic E-state index is 13.0. The normalized spacial score (nSPS) is 12.2. The molecule has 0 saturated carbocycles. The fourth-order valence-corrected chi connectivity index (χ4v) is 3.66. The molecule has 1 atom stereocenters. The molecule has 0 aliphatic heterocycles. The van der Waals surface area contributed by atoms with Gasteiger partial charge in [0.15, 0.2) is 6.61 Å². The van der Waals surface area contributed by atoms with Gasteiger partial charge in [-0.05, 0) is 73.8 Å². The molecule has 162 valence electrons. The van der Waals surface area contributed by atoms with E-state index in [0.29, 0.717) is 28.2 Å². The number of carbonyl (C=O) groups is 2. The van der Waals surface area contributed by atoms with Crippen molar-refractivity contribution in [3.8, 4) is 5.75 Å². The monoisotopic (exact) mass is 494 g/mol. The van der Waals surface area contributed by atoms with Crippen LogP contribution in [0.2, 0.25) is 5.02 Å². The van der Waals surface area contributed by atoms with Crippen LogP contribution in [-0.2, 0) is 16.0 Å². The molecule has 5 nitrogen and oxygen atoms in total. The van der Waals surface area contributed by atoms with Gasteiger partial charge in [0.05, 0.1) is 4.47 Å². The molecule has 2 amide bonds. The van der Waals surface area contributed by atoms with Gasteiger partial charge < -0.3 is 15.0 Å². The van der Waals surface area contributed by atoms with Crippen molar-refractivity contribution < 1.29 is 14.3 Å². The third-order valence-electron chi connectivity index (χ3n) is 4.39. The summed E-state index contributed by atoms with van der Waals surface area (Å²) in [5, 5.41) is 3.51. The molecule has 0 fully saturated rings. The van der Waals surface area contributed by atoms with Crippen LogP contribution in [0.1, 0.15) is 33.3 Å². The van der Waals surface area contributed by atoms with Gasteiger partial charge in [-0.15, -0.1) is 0 Å². The fourth-order valence-electron chi connectivity index (χ4n) is 2.86. The SMILES string of the molecule is C[C@@H](C(=O)NC(C)(C)C)N(CCc1ccccc1)C(=O)COc1ccc(Cl)cc1Br. The zero-order chi connectivity index (χ0) is 22.3. The van der Waals surface area contributed by atoms with E-state index in [4.69, 9.17) is 16.3 Å². The fraction of sp³-hybridized carbons (Fsp3) is 0.391. The lowest BCUT2D eigenvalue weighted by atomic mass is 10.1. The molecule has 0 radical (unpaired) electrons. The number of hydrogen-bond acceptors (Lipinski definition) is 3. The Balaban J connectivity index is 2.11. The summed E-state index contributed by atoms with van der Waals surface area (Å²) in [5.74, 6) is 0.0588. The van der Waals surface area contributed by atoms with Gasteiger partial charge in [0, 0.05) is 17.1 Å². The molecular formula is C23H28BrClN2O3. The average Bonchev–Trinajstić information content (AvgIpc) is 2.66. The second kappa shape index (κ2) is 10.8. The Labute approximate surface area is 191 Å². The maximum Gasteiger partial charge on any atom is 0.261 e. The van der Waals surface area contributed by atoms with Gasteiger partial charge in [-0.2, -0.15) is 0 Å². The lowest BCUT2D eigenvalue weighted by Gasteiger charge is -2.31. The first-order valence-electron chi connectivity index (χ1n) is 9.80. The van der Waals surface area contributed by atoms with E-state index in [1.165, 1.54) is 0 Å². The van der Waals surface area contributed by atoms with Crippen LogP contribution >= 0.6 is 27.5 Å². The Hall–Kier alpha value is -2.05. The third-order valence-corrected chi connectivity index (χ3v) is 5.25. The van der Waals surface area contributed by atoms with Crippen molar-refractivity contribution in [2.24, 2.45) is 0 Å². The van der Waals surface area contributed by atoms with E-state index >= 15 is 0 Å². The third kappa shape index (κ3) is 7.65. The molecular weight excluding hydrogens is 468 g/mol. The molecule has 7 heteroatoms. The summed E-state index contributed by atoms with van der Waals surface area (Å²) in [6.45, 7) is 7.70. The molecule has 0 saturated heterocycles. The summed E-state index contributed by atoms with van der Waals surface area (Å²) in [6.07, 6.45) is 0.643. The highest BCUT2D eigenvalue weighted by Crippen LogP contribution is 2.28. The Kier molecular flexibility index (Phi) is 8.74. The van der Waals surface area contributed by atoms with E-state index in [1.807, 2.05) is 51.1 Å². The standard InChI is InChI=1S/C23H28BrClN2O3/c1-16(22(29)26-23(2,3)4)27(13-12-17-8-6-5-7-9-17)21(28)15-30-20-11-10-18(25)14-19(20)24/h5-11,14,16H,12-13,15H2,1-4H3,(H,26,29)/t16-/m0/s1. The number of amides is 2. The number of halogens is 2. The Bertz CT molecular complexity index is 868. The average molecular weight is 496 g/mol. The van der Waals surface area contributed by atoms with Crippen molar-refractivity contribution in [1.29, 1.82) is 0 Å². The first-order valence-corrected chi connectivity index (χ1v) is 11.0. The lowest BCUT2D eigenvalue weighted by Crippen LogP contribution is -2.53. The van der Waals surface area contributed by atoms with E-state index in [-0.39, 0.29) is 24.0 Å². The highest BCUT2D eigenvalue weighted by atomic mass is 79.9. The van der Waals surface area contributed by atoms with E-state index in [0.717, 1.165) is 5.56 Å². The molecule has 0 unspecified atom stereocenters. The highest BCUT2D eigenvalue weighted by molar-refractivity contribution is 9.10. The van der Waals surface area contributed by atoms with Gasteiger partial charge in [-0.25, -0.2) is 0 Å². The Morgan fingerprint density at radius 2 is 1.83 bits per heavy atom. The van der Waals surface area contributed by atoms with E-state index in [2.05, 4.69) is 21.2 Å². The second-order valence-electron chi connectivity index (χ2n) is 8.10. The van der Waals surface area contributed by atoms with Crippen molar-refractivity contribution >= 4 is 39.3 Å². The molecule has 2 aromatic carbocycles. The minimum atomic E-state index is -0.627. The molecule has 0 aromatic heterocycles. The Morgan fingerprint density at radius 1 is 1.17 bits per heavy atom. The van der Waals surface area contributed by atoms with Crippen molar-refractivity contribution in [1.82, 2.24) is 10.2 Å². The molecule has 1 N–H and O–H groups in total. The van der Waals surface area contributed by atoms with Crippen LogP contribution in [0.15, 0.2) is 53.0 Å². The summed E-state index contributed by atoms with van der Waals surface area (Å²) in [6, 6.07) is 14.3. The number of nitrogens with zero attached hydrogens (tertiary/aromatic N) is 1. The molecule has 2 aromatic rings. The maximum atomic E-state index is 13.0. The number of benzene rings is 2. The number of ether oxygens (including phenoxy) is 1. The minimum Gasteiger partial charge on any atom is -0.483 e. The van der Waals surface area contributed by atoms with Gasteiger partial charge in [0.25, 0.3) is 5.91 Å². The summed E-state index contributed by atoms with van der Waals surface area (Å²) < 4.78 is 6.35.